The number of aromatic nitrogens is 1. The Bertz CT molecular complexity index is 824. The Morgan fingerprint density at radius 2 is 1.96 bits per heavy atom. The van der Waals surface area contributed by atoms with Crippen molar-refractivity contribution in [3.63, 3.8) is 0 Å². The molecule has 144 valence electrons. The Hall–Kier alpha value is -2.05. The molecule has 27 heavy (non-hydrogen) atoms. The van der Waals surface area contributed by atoms with Crippen LogP contribution in [0.3, 0.4) is 0 Å². The number of carbonyl (C=O) groups excluding carboxylic acids is 1. The smallest absolute Gasteiger partial charge is 0.280 e. The maximum absolute atomic E-state index is 12.5. The molecule has 0 bridgehead atoms. The van der Waals surface area contributed by atoms with Gasteiger partial charge in [0.2, 0.25) is 5.79 Å². The molecule has 1 N–H and O–H groups in total. The summed E-state index contributed by atoms with van der Waals surface area (Å²) >= 11 is 1.25. The molecule has 0 saturated heterocycles. The summed E-state index contributed by atoms with van der Waals surface area (Å²) in [6.45, 7) is 10.1. The first-order chi connectivity index (χ1) is 12.8. The van der Waals surface area contributed by atoms with E-state index in [1.54, 1.807) is 0 Å². The molecule has 0 unspecified atom stereocenters. The zero-order valence-corrected chi connectivity index (χ0v) is 17.2. The molecule has 1 aromatic carbocycles. The maximum Gasteiger partial charge on any atom is 0.280 e. The van der Waals surface area contributed by atoms with E-state index in [0.717, 1.165) is 28.1 Å². The third kappa shape index (κ3) is 4.62. The first-order valence-electron chi connectivity index (χ1n) is 9.10. The van der Waals surface area contributed by atoms with E-state index in [1.807, 2.05) is 71.1 Å². The van der Waals surface area contributed by atoms with Gasteiger partial charge < -0.3 is 14.8 Å². The Kier molecular flexibility index (Phi) is 5.77. The van der Waals surface area contributed by atoms with Gasteiger partial charge in [-0.1, -0.05) is 42.1 Å². The molecular weight excluding hydrogens is 360 g/mol. The highest BCUT2D eigenvalue weighted by Gasteiger charge is 2.32. The lowest BCUT2D eigenvalue weighted by molar-refractivity contribution is -0.180. The molecule has 0 fully saturated rings. The fourth-order valence-corrected chi connectivity index (χ4v) is 3.96. The molecule has 1 aliphatic heterocycles. The van der Waals surface area contributed by atoms with Crippen LogP contribution in [0, 0.1) is 6.92 Å². The van der Waals surface area contributed by atoms with Gasteiger partial charge in [-0.2, -0.15) is 0 Å². The van der Waals surface area contributed by atoms with Crippen LogP contribution >= 0.6 is 11.8 Å². The maximum atomic E-state index is 12.5. The second-order valence-corrected chi connectivity index (χ2v) is 8.54. The average molecular weight is 387 g/mol. The van der Waals surface area contributed by atoms with Gasteiger partial charge in [-0.25, -0.2) is 0 Å². The minimum atomic E-state index is -0.670. The van der Waals surface area contributed by atoms with Gasteiger partial charge in [0.15, 0.2) is 0 Å². The monoisotopic (exact) mass is 386 g/mol. The molecule has 2 atom stereocenters. The summed E-state index contributed by atoms with van der Waals surface area (Å²) in [7, 11) is 0. The van der Waals surface area contributed by atoms with Crippen molar-refractivity contribution in [3.05, 3.63) is 58.9 Å². The lowest BCUT2D eigenvalue weighted by Gasteiger charge is -2.34. The summed E-state index contributed by atoms with van der Waals surface area (Å²) in [5, 5.41) is 2.91. The minimum Gasteiger partial charge on any atom is -0.461 e. The van der Waals surface area contributed by atoms with Crippen molar-refractivity contribution in [3.8, 4) is 5.75 Å². The number of amides is 1. The average Bonchev–Trinajstić information content (AvgIpc) is 2.62. The molecule has 0 aliphatic carbocycles. The summed E-state index contributed by atoms with van der Waals surface area (Å²) < 4.78 is 11.8. The Balaban J connectivity index is 1.71. The van der Waals surface area contributed by atoms with E-state index in [2.05, 4.69) is 10.3 Å². The summed E-state index contributed by atoms with van der Waals surface area (Å²) in [5.74, 6) is 0.103. The number of nitrogens with zero attached hydrogens (tertiary/aromatic N) is 1. The minimum absolute atomic E-state index is 0.0454. The SMILES string of the molecule is Cc1ncc([C@H](C)SC(=O)N[C@@H](C)c2ccccc2)c2c1OC(C)(C)OC2. The molecular formula is C21H26N2O3S. The second-order valence-electron chi connectivity index (χ2n) is 7.22. The van der Waals surface area contributed by atoms with Gasteiger partial charge >= 0.3 is 0 Å². The highest BCUT2D eigenvalue weighted by Crippen LogP contribution is 2.40. The molecule has 2 heterocycles. The van der Waals surface area contributed by atoms with Gasteiger partial charge in [0.05, 0.1) is 18.3 Å². The van der Waals surface area contributed by atoms with Crippen molar-refractivity contribution in [2.45, 2.75) is 58.3 Å². The van der Waals surface area contributed by atoms with E-state index < -0.39 is 5.79 Å². The van der Waals surface area contributed by atoms with Crippen molar-refractivity contribution >= 4 is 17.0 Å². The zero-order valence-electron chi connectivity index (χ0n) is 16.4. The molecule has 0 radical (unpaired) electrons. The highest BCUT2D eigenvalue weighted by atomic mass is 32.2. The van der Waals surface area contributed by atoms with E-state index in [9.17, 15) is 4.79 Å². The number of hydrogen-bond donors (Lipinski definition) is 1. The van der Waals surface area contributed by atoms with Crippen molar-refractivity contribution in [1.29, 1.82) is 0 Å². The highest BCUT2D eigenvalue weighted by molar-refractivity contribution is 8.13. The third-order valence-corrected chi connectivity index (χ3v) is 5.56. The summed E-state index contributed by atoms with van der Waals surface area (Å²) in [6.07, 6.45) is 1.82. The molecule has 5 nitrogen and oxygen atoms in total. The van der Waals surface area contributed by atoms with Crippen LogP contribution in [0.5, 0.6) is 5.75 Å². The summed E-state index contributed by atoms with van der Waals surface area (Å²) in [6, 6.07) is 9.88. The van der Waals surface area contributed by atoms with Crippen LogP contribution in [0.25, 0.3) is 0 Å². The molecule has 6 heteroatoms. The Morgan fingerprint density at radius 1 is 1.26 bits per heavy atom. The molecule has 0 spiro atoms. The number of aryl methyl sites for hydroxylation is 1. The van der Waals surface area contributed by atoms with E-state index in [0.29, 0.717) is 6.61 Å². The zero-order chi connectivity index (χ0) is 19.6. The number of hydrogen-bond acceptors (Lipinski definition) is 5. The normalized spacial score (nSPS) is 17.4. The number of ether oxygens (including phenoxy) is 2. The van der Waals surface area contributed by atoms with E-state index in [4.69, 9.17) is 9.47 Å². The van der Waals surface area contributed by atoms with Crippen LogP contribution < -0.4 is 10.1 Å². The quantitative estimate of drug-likeness (QED) is 0.772. The van der Waals surface area contributed by atoms with E-state index >= 15 is 0 Å². The largest absolute Gasteiger partial charge is 0.461 e. The standard InChI is InChI=1S/C21H26N2O3S/c1-13(16-9-7-6-8-10-16)23-20(24)27-15(3)17-11-22-14(2)19-18(17)12-25-21(4,5)26-19/h6-11,13,15H,12H2,1-5H3,(H,23,24)/t13-,15-/m0/s1. The molecule has 3 rings (SSSR count). The summed E-state index contributed by atoms with van der Waals surface area (Å²) in [5.41, 5.74) is 3.87. The fraction of sp³-hybridized carbons (Fsp3) is 0.429. The lowest BCUT2D eigenvalue weighted by Crippen LogP contribution is -2.36. The number of carbonyl (C=O) groups is 1. The predicted octanol–water partition coefficient (Wildman–Crippen LogP) is 5.30. The van der Waals surface area contributed by atoms with Crippen LogP contribution in [0.15, 0.2) is 36.5 Å². The molecule has 2 aromatic rings. The number of rotatable bonds is 4. The van der Waals surface area contributed by atoms with Crippen LogP contribution in [0.1, 0.15) is 61.4 Å². The van der Waals surface area contributed by atoms with Gasteiger partial charge in [-0.3, -0.25) is 9.78 Å². The second kappa shape index (κ2) is 7.90. The summed E-state index contributed by atoms with van der Waals surface area (Å²) in [4.78, 5) is 17.0. The first-order valence-corrected chi connectivity index (χ1v) is 9.98. The molecule has 1 amide bonds. The van der Waals surface area contributed by atoms with Gasteiger partial charge in [0.25, 0.3) is 5.24 Å². The topological polar surface area (TPSA) is 60.5 Å². The van der Waals surface area contributed by atoms with Crippen molar-refractivity contribution in [2.24, 2.45) is 0 Å². The first kappa shape index (κ1) is 19.7. The number of fused-ring (bicyclic) bond motifs is 1. The molecule has 1 aromatic heterocycles. The van der Waals surface area contributed by atoms with Gasteiger partial charge in [0.1, 0.15) is 5.75 Å². The number of pyridine rings is 1. The lowest BCUT2D eigenvalue weighted by atomic mass is 10.0. The number of thioether (sulfide) groups is 1. The third-order valence-electron chi connectivity index (χ3n) is 4.62. The number of nitrogens with one attached hydrogen (secondary N) is 1. The molecule has 1 aliphatic rings. The van der Waals surface area contributed by atoms with Gasteiger partial charge in [-0.05, 0) is 31.9 Å². The van der Waals surface area contributed by atoms with Crippen molar-refractivity contribution in [1.82, 2.24) is 10.3 Å². The Morgan fingerprint density at radius 3 is 2.67 bits per heavy atom. The van der Waals surface area contributed by atoms with Gasteiger partial charge in [0, 0.05) is 30.9 Å². The fourth-order valence-electron chi connectivity index (χ4n) is 3.07. The molecule has 0 saturated carbocycles. The van der Waals surface area contributed by atoms with Gasteiger partial charge in [-0.15, -0.1) is 0 Å². The van der Waals surface area contributed by atoms with Crippen LogP contribution in [0.2, 0.25) is 0 Å². The Labute approximate surface area is 164 Å². The van der Waals surface area contributed by atoms with E-state index in [-0.39, 0.29) is 16.5 Å². The number of benzene rings is 1. The van der Waals surface area contributed by atoms with Crippen molar-refractivity contribution in [2.75, 3.05) is 0 Å². The van der Waals surface area contributed by atoms with Crippen LogP contribution in [0.4, 0.5) is 4.79 Å². The predicted molar refractivity (Wildman–Crippen MR) is 108 cm³/mol. The van der Waals surface area contributed by atoms with Crippen LogP contribution in [-0.2, 0) is 11.3 Å². The van der Waals surface area contributed by atoms with Crippen molar-refractivity contribution < 1.29 is 14.3 Å². The van der Waals surface area contributed by atoms with Crippen LogP contribution in [-0.4, -0.2) is 16.0 Å². The van der Waals surface area contributed by atoms with E-state index in [1.165, 1.54) is 11.8 Å².